The minimum Gasteiger partial charge on any atom is -0.394 e. The van der Waals surface area contributed by atoms with E-state index in [4.69, 9.17) is 4.74 Å². The highest BCUT2D eigenvalue weighted by molar-refractivity contribution is 9.09. The summed E-state index contributed by atoms with van der Waals surface area (Å²) in [6.07, 6.45) is 0.0740. The monoisotopic (exact) mass is 658 g/mol. The molecule has 0 saturated carbocycles. The second-order valence-electron chi connectivity index (χ2n) is 11.6. The van der Waals surface area contributed by atoms with Gasteiger partial charge in [-0.15, -0.1) is 5.10 Å². The summed E-state index contributed by atoms with van der Waals surface area (Å²) in [7, 11) is 0. The highest BCUT2D eigenvalue weighted by Crippen LogP contribution is 2.60. The Morgan fingerprint density at radius 2 is 1.73 bits per heavy atom. The van der Waals surface area contributed by atoms with Crippen molar-refractivity contribution >= 4 is 50.4 Å². The van der Waals surface area contributed by atoms with Crippen LogP contribution in [-0.2, 0) is 32.2 Å². The topological polar surface area (TPSA) is 139 Å². The number of rotatable bonds is 9. The van der Waals surface area contributed by atoms with E-state index in [1.165, 1.54) is 4.90 Å². The molecule has 3 fully saturated rings. The number of amides is 3. The molecule has 3 aromatic carbocycles. The standard InChI is InChI=1S/C32H31BrN6O5/c33-22-16-32-26(25(27(22)44-32)29(41)35-20-11-5-2-6-12-20)31(43)39(21(17-40)15-19-9-3-1-4-10-19)28(32)30(42)34-18-38-24-14-8-7-13-23(24)36-37-38/h1-14,21-22,25-28,40H,15-18H2,(H,34,42)(H,35,41)/t21-,22?,25+,26+,27+,28?,32?/m1/s1. The quantitative estimate of drug-likeness (QED) is 0.235. The Kier molecular flexibility index (Phi) is 7.43. The normalized spacial score (nSPS) is 27.8. The number of aliphatic hydroxyl groups excluding tert-OH is 1. The van der Waals surface area contributed by atoms with E-state index in [1.54, 1.807) is 16.8 Å². The number of hydrogen-bond acceptors (Lipinski definition) is 7. The van der Waals surface area contributed by atoms with Gasteiger partial charge in [0, 0.05) is 10.5 Å². The van der Waals surface area contributed by atoms with E-state index in [-0.39, 0.29) is 29.9 Å². The summed E-state index contributed by atoms with van der Waals surface area (Å²) >= 11 is 3.70. The predicted molar refractivity (Wildman–Crippen MR) is 164 cm³/mol. The van der Waals surface area contributed by atoms with Gasteiger partial charge in [0.25, 0.3) is 0 Å². The number of halogens is 1. The number of aromatic nitrogens is 3. The molecule has 3 N–H and O–H groups in total. The third-order valence-electron chi connectivity index (χ3n) is 9.06. The molecule has 1 spiro atoms. The number of nitrogens with zero attached hydrogens (tertiary/aromatic N) is 4. The van der Waals surface area contributed by atoms with Crippen molar-refractivity contribution in [2.24, 2.45) is 11.8 Å². The number of para-hydroxylation sites is 2. The number of carbonyl (C=O) groups excluding carboxylic acids is 3. The van der Waals surface area contributed by atoms with Gasteiger partial charge in [-0.3, -0.25) is 14.4 Å². The van der Waals surface area contributed by atoms with E-state index >= 15 is 0 Å². The lowest BCUT2D eigenvalue weighted by Crippen LogP contribution is -2.58. The Labute approximate surface area is 261 Å². The van der Waals surface area contributed by atoms with E-state index in [1.807, 2.05) is 72.8 Å². The summed E-state index contributed by atoms with van der Waals surface area (Å²) in [5.41, 5.74) is 1.68. The molecule has 7 atom stereocenters. The second-order valence-corrected chi connectivity index (χ2v) is 12.7. The van der Waals surface area contributed by atoms with E-state index < -0.39 is 41.5 Å². The van der Waals surface area contributed by atoms with Gasteiger partial charge in [0.1, 0.15) is 23.8 Å². The lowest BCUT2D eigenvalue weighted by molar-refractivity contribution is -0.145. The first-order chi connectivity index (χ1) is 21.4. The van der Waals surface area contributed by atoms with Crippen LogP contribution in [0.1, 0.15) is 12.0 Å². The Balaban J connectivity index is 1.24. The van der Waals surface area contributed by atoms with Crippen LogP contribution in [0.4, 0.5) is 5.69 Å². The highest BCUT2D eigenvalue weighted by atomic mass is 79.9. The first-order valence-corrected chi connectivity index (χ1v) is 15.5. The molecule has 2 bridgehead atoms. The number of benzene rings is 3. The number of alkyl halides is 1. The fraction of sp³-hybridized carbons (Fsp3) is 0.344. The summed E-state index contributed by atoms with van der Waals surface area (Å²) in [5, 5.41) is 24.9. The van der Waals surface area contributed by atoms with Gasteiger partial charge in [-0.25, -0.2) is 4.68 Å². The van der Waals surface area contributed by atoms with E-state index in [0.29, 0.717) is 24.0 Å². The molecule has 7 rings (SSSR count). The molecule has 0 aliphatic carbocycles. The minimum atomic E-state index is -1.27. The van der Waals surface area contributed by atoms with Crippen molar-refractivity contribution in [3.8, 4) is 0 Å². The third-order valence-corrected chi connectivity index (χ3v) is 9.91. The van der Waals surface area contributed by atoms with Gasteiger partial charge in [-0.2, -0.15) is 0 Å². The maximum atomic E-state index is 14.5. The molecule has 3 aliphatic rings. The number of likely N-dealkylation sites (tertiary alicyclic amines) is 1. The van der Waals surface area contributed by atoms with Crippen molar-refractivity contribution in [1.82, 2.24) is 25.2 Å². The first kappa shape index (κ1) is 28.6. The lowest BCUT2D eigenvalue weighted by atomic mass is 9.70. The van der Waals surface area contributed by atoms with Gasteiger partial charge in [-0.05, 0) is 42.7 Å². The molecule has 12 heteroatoms. The van der Waals surface area contributed by atoms with Crippen LogP contribution in [0.2, 0.25) is 0 Å². The predicted octanol–water partition coefficient (Wildman–Crippen LogP) is 2.50. The molecule has 226 valence electrons. The van der Waals surface area contributed by atoms with Crippen LogP contribution in [-0.4, -0.2) is 77.9 Å². The van der Waals surface area contributed by atoms with Crippen molar-refractivity contribution in [2.75, 3.05) is 11.9 Å². The molecule has 3 saturated heterocycles. The zero-order valence-electron chi connectivity index (χ0n) is 23.6. The van der Waals surface area contributed by atoms with Crippen LogP contribution < -0.4 is 10.6 Å². The zero-order valence-corrected chi connectivity index (χ0v) is 25.2. The smallest absolute Gasteiger partial charge is 0.247 e. The lowest BCUT2D eigenvalue weighted by Gasteiger charge is -2.37. The molecule has 3 unspecified atom stereocenters. The Morgan fingerprint density at radius 1 is 1.02 bits per heavy atom. The molecule has 1 aromatic heterocycles. The Morgan fingerprint density at radius 3 is 2.48 bits per heavy atom. The molecule has 0 radical (unpaired) electrons. The molecule has 4 heterocycles. The summed E-state index contributed by atoms with van der Waals surface area (Å²) in [6, 6.07) is 24.2. The summed E-state index contributed by atoms with van der Waals surface area (Å²) < 4.78 is 8.18. The largest absolute Gasteiger partial charge is 0.394 e. The fourth-order valence-electron chi connectivity index (χ4n) is 7.23. The minimum absolute atomic E-state index is 0.0141. The fourth-order valence-corrected chi connectivity index (χ4v) is 8.17. The maximum absolute atomic E-state index is 14.5. The summed E-state index contributed by atoms with van der Waals surface area (Å²) in [5.74, 6) is -2.91. The number of ether oxygens (including phenoxy) is 1. The Bertz CT molecular complexity index is 1700. The van der Waals surface area contributed by atoms with E-state index in [2.05, 4.69) is 36.9 Å². The van der Waals surface area contributed by atoms with Gasteiger partial charge in [0.2, 0.25) is 17.7 Å². The number of fused-ring (bicyclic) bond motifs is 2. The number of anilines is 1. The van der Waals surface area contributed by atoms with E-state index in [9.17, 15) is 19.5 Å². The second kappa shape index (κ2) is 11.4. The van der Waals surface area contributed by atoms with Crippen LogP contribution in [0.5, 0.6) is 0 Å². The van der Waals surface area contributed by atoms with Crippen LogP contribution >= 0.6 is 15.9 Å². The molecule has 4 aromatic rings. The first-order valence-electron chi connectivity index (χ1n) is 14.6. The summed E-state index contributed by atoms with van der Waals surface area (Å²) in [4.78, 5) is 43.8. The molecule has 11 nitrogen and oxygen atoms in total. The van der Waals surface area contributed by atoms with Gasteiger partial charge in [0.05, 0.1) is 36.1 Å². The Hall–Kier alpha value is -4.13. The van der Waals surface area contributed by atoms with Crippen LogP contribution in [0.3, 0.4) is 0 Å². The van der Waals surface area contributed by atoms with Crippen LogP contribution in [0.25, 0.3) is 11.0 Å². The van der Waals surface area contributed by atoms with Crippen molar-refractivity contribution in [3.05, 3.63) is 90.5 Å². The number of hydrogen-bond donors (Lipinski definition) is 3. The van der Waals surface area contributed by atoms with Crippen molar-refractivity contribution < 1.29 is 24.2 Å². The number of aliphatic hydroxyl groups is 1. The average molecular weight is 660 g/mol. The SMILES string of the molecule is O=C(NCn1nnc2ccccc21)C1N([C@@H](CO)Cc2ccccc2)C(=O)[C@@H]2[C@H](C(=O)Nc3ccccc3)[C@H]3OC12CC3Br. The van der Waals surface area contributed by atoms with Crippen molar-refractivity contribution in [1.29, 1.82) is 0 Å². The van der Waals surface area contributed by atoms with Gasteiger partial charge >= 0.3 is 0 Å². The molecule has 3 aliphatic heterocycles. The van der Waals surface area contributed by atoms with Crippen molar-refractivity contribution in [3.63, 3.8) is 0 Å². The van der Waals surface area contributed by atoms with Crippen molar-refractivity contribution in [2.45, 2.75) is 48.1 Å². The highest BCUT2D eigenvalue weighted by Gasteiger charge is 2.77. The summed E-state index contributed by atoms with van der Waals surface area (Å²) in [6.45, 7) is -0.358. The third kappa shape index (κ3) is 4.68. The van der Waals surface area contributed by atoms with Gasteiger partial charge < -0.3 is 25.4 Å². The molecular formula is C32H31BrN6O5. The molecular weight excluding hydrogens is 628 g/mol. The average Bonchev–Trinajstić information content (AvgIpc) is 3.76. The zero-order chi connectivity index (χ0) is 30.4. The molecule has 3 amide bonds. The van der Waals surface area contributed by atoms with Gasteiger partial charge in [-0.1, -0.05) is 81.8 Å². The maximum Gasteiger partial charge on any atom is 0.247 e. The van der Waals surface area contributed by atoms with Crippen LogP contribution in [0, 0.1) is 11.8 Å². The number of carbonyl (C=O) groups is 3. The van der Waals surface area contributed by atoms with Crippen LogP contribution in [0.15, 0.2) is 84.9 Å². The van der Waals surface area contributed by atoms with E-state index in [0.717, 1.165) is 11.1 Å². The molecule has 44 heavy (non-hydrogen) atoms. The number of nitrogens with one attached hydrogen (secondary N) is 2. The van der Waals surface area contributed by atoms with Gasteiger partial charge in [0.15, 0.2) is 0 Å².